The lowest BCUT2D eigenvalue weighted by Gasteiger charge is -2.48. The first-order valence-corrected chi connectivity index (χ1v) is 10.5. The predicted molar refractivity (Wildman–Crippen MR) is 101 cm³/mol. The highest BCUT2D eigenvalue weighted by Gasteiger charge is 2.53. The Morgan fingerprint density at radius 3 is 2.58 bits per heavy atom. The molecular formula is C17H22N4O3S2. The van der Waals surface area contributed by atoms with E-state index in [1.807, 2.05) is 35.7 Å². The summed E-state index contributed by atoms with van der Waals surface area (Å²) >= 11 is 1.47. The number of thiazole rings is 1. The van der Waals surface area contributed by atoms with Crippen molar-refractivity contribution < 1.29 is 13.2 Å². The molecule has 0 aliphatic carbocycles. The summed E-state index contributed by atoms with van der Waals surface area (Å²) in [4.78, 5) is 17.1. The smallest absolute Gasteiger partial charge is 0.281 e. The first kappa shape index (κ1) is 19.0. The molecule has 0 atom stereocenters. The standard InChI is InChI=1S/C17H22N4O3S2/c1-20(2)26(23,24)21-11-17(12-21,8-14-6-4-3-5-7-14)16(22)18-9-15-10-25-13-19-15/h3-7,10,13H,8-9,11-12H2,1-2H3,(H,18,22). The molecule has 0 saturated carbocycles. The van der Waals surface area contributed by atoms with Gasteiger partial charge in [0.2, 0.25) is 5.91 Å². The highest BCUT2D eigenvalue weighted by Crippen LogP contribution is 2.37. The van der Waals surface area contributed by atoms with E-state index in [1.165, 1.54) is 34.0 Å². The summed E-state index contributed by atoms with van der Waals surface area (Å²) < 4.78 is 27.2. The average Bonchev–Trinajstić information content (AvgIpc) is 3.09. The minimum Gasteiger partial charge on any atom is -0.350 e. The molecule has 0 radical (unpaired) electrons. The molecule has 2 heterocycles. The van der Waals surface area contributed by atoms with E-state index in [0.29, 0.717) is 13.0 Å². The largest absolute Gasteiger partial charge is 0.350 e. The molecule has 0 bridgehead atoms. The van der Waals surface area contributed by atoms with Crippen molar-refractivity contribution in [1.29, 1.82) is 0 Å². The maximum absolute atomic E-state index is 12.9. The summed E-state index contributed by atoms with van der Waals surface area (Å²) in [7, 11) is -0.529. The third-order valence-corrected chi connectivity index (χ3v) is 7.00. The van der Waals surface area contributed by atoms with Gasteiger partial charge in [0.1, 0.15) is 0 Å². The molecule has 2 aromatic rings. The van der Waals surface area contributed by atoms with Gasteiger partial charge in [-0.2, -0.15) is 17.0 Å². The normalized spacial score (nSPS) is 17.0. The van der Waals surface area contributed by atoms with E-state index < -0.39 is 15.6 Å². The number of rotatable bonds is 7. The van der Waals surface area contributed by atoms with Gasteiger partial charge < -0.3 is 5.32 Å². The number of benzene rings is 1. The van der Waals surface area contributed by atoms with Crippen LogP contribution in [0.1, 0.15) is 11.3 Å². The summed E-state index contributed by atoms with van der Waals surface area (Å²) in [5, 5.41) is 4.80. The Morgan fingerprint density at radius 2 is 2.00 bits per heavy atom. The number of carbonyl (C=O) groups excluding carboxylic acids is 1. The highest BCUT2D eigenvalue weighted by atomic mass is 32.2. The van der Waals surface area contributed by atoms with Crippen LogP contribution in [0.5, 0.6) is 0 Å². The second-order valence-corrected chi connectivity index (χ2v) is 9.52. The van der Waals surface area contributed by atoms with Crippen molar-refractivity contribution in [2.24, 2.45) is 5.41 Å². The van der Waals surface area contributed by atoms with Gasteiger partial charge in [0.15, 0.2) is 0 Å². The number of carbonyl (C=O) groups is 1. The van der Waals surface area contributed by atoms with Crippen LogP contribution in [0.3, 0.4) is 0 Å². The molecule has 1 aliphatic heterocycles. The Bertz CT molecular complexity index is 845. The van der Waals surface area contributed by atoms with Crippen molar-refractivity contribution in [3.63, 3.8) is 0 Å². The Kier molecular flexibility index (Phi) is 5.42. The lowest BCUT2D eigenvalue weighted by atomic mass is 9.75. The van der Waals surface area contributed by atoms with Crippen LogP contribution >= 0.6 is 11.3 Å². The molecule has 0 spiro atoms. The summed E-state index contributed by atoms with van der Waals surface area (Å²) in [6.07, 6.45) is 0.496. The Hall–Kier alpha value is -1.81. The molecule has 1 aromatic carbocycles. The average molecular weight is 395 g/mol. The van der Waals surface area contributed by atoms with E-state index >= 15 is 0 Å². The fraction of sp³-hybridized carbons (Fsp3) is 0.412. The minimum atomic E-state index is -3.52. The Morgan fingerprint density at radius 1 is 1.31 bits per heavy atom. The molecule has 1 amide bonds. The van der Waals surface area contributed by atoms with Crippen molar-refractivity contribution in [2.75, 3.05) is 27.2 Å². The van der Waals surface area contributed by atoms with Gasteiger partial charge in [-0.1, -0.05) is 30.3 Å². The van der Waals surface area contributed by atoms with Crippen molar-refractivity contribution >= 4 is 27.5 Å². The lowest BCUT2D eigenvalue weighted by molar-refractivity contribution is -0.137. The molecule has 1 N–H and O–H groups in total. The molecule has 1 fully saturated rings. The number of nitrogens with zero attached hydrogens (tertiary/aromatic N) is 3. The lowest BCUT2D eigenvalue weighted by Crippen LogP contribution is -2.66. The maximum Gasteiger partial charge on any atom is 0.281 e. The van der Waals surface area contributed by atoms with Crippen LogP contribution in [-0.4, -0.2) is 55.1 Å². The van der Waals surface area contributed by atoms with Gasteiger partial charge in [-0.3, -0.25) is 4.79 Å². The molecular weight excluding hydrogens is 372 g/mol. The molecule has 9 heteroatoms. The van der Waals surface area contributed by atoms with E-state index in [0.717, 1.165) is 11.3 Å². The fourth-order valence-electron chi connectivity index (χ4n) is 3.03. The van der Waals surface area contributed by atoms with Crippen molar-refractivity contribution in [2.45, 2.75) is 13.0 Å². The van der Waals surface area contributed by atoms with Crippen molar-refractivity contribution in [3.8, 4) is 0 Å². The molecule has 1 saturated heterocycles. The van der Waals surface area contributed by atoms with Crippen LogP contribution in [0, 0.1) is 5.41 Å². The summed E-state index contributed by atoms with van der Waals surface area (Å²) in [5.41, 5.74) is 2.77. The minimum absolute atomic E-state index is 0.139. The van der Waals surface area contributed by atoms with Crippen molar-refractivity contribution in [3.05, 3.63) is 52.5 Å². The van der Waals surface area contributed by atoms with Crippen LogP contribution in [0.25, 0.3) is 0 Å². The van der Waals surface area contributed by atoms with E-state index in [2.05, 4.69) is 10.3 Å². The van der Waals surface area contributed by atoms with E-state index in [9.17, 15) is 13.2 Å². The van der Waals surface area contributed by atoms with Crippen LogP contribution in [-0.2, 0) is 28.0 Å². The van der Waals surface area contributed by atoms with Crippen LogP contribution in [0.2, 0.25) is 0 Å². The molecule has 1 aliphatic rings. The van der Waals surface area contributed by atoms with Gasteiger partial charge >= 0.3 is 0 Å². The van der Waals surface area contributed by atoms with Crippen LogP contribution in [0.15, 0.2) is 41.2 Å². The van der Waals surface area contributed by atoms with E-state index in [1.54, 1.807) is 5.51 Å². The number of amides is 1. The fourth-order valence-corrected chi connectivity index (χ4v) is 4.87. The number of hydrogen-bond donors (Lipinski definition) is 1. The van der Waals surface area contributed by atoms with E-state index in [4.69, 9.17) is 0 Å². The third-order valence-electron chi connectivity index (χ3n) is 4.53. The van der Waals surface area contributed by atoms with Gasteiger partial charge in [0.25, 0.3) is 10.2 Å². The first-order chi connectivity index (χ1) is 12.3. The quantitative estimate of drug-likeness (QED) is 0.763. The molecule has 26 heavy (non-hydrogen) atoms. The van der Waals surface area contributed by atoms with Gasteiger partial charge in [-0.15, -0.1) is 11.3 Å². The number of nitrogens with one attached hydrogen (secondary N) is 1. The predicted octanol–water partition coefficient (Wildman–Crippen LogP) is 1.11. The Labute approximate surface area is 157 Å². The zero-order valence-corrected chi connectivity index (χ0v) is 16.4. The summed E-state index contributed by atoms with van der Waals surface area (Å²) in [6.45, 7) is 0.690. The van der Waals surface area contributed by atoms with E-state index in [-0.39, 0.29) is 19.0 Å². The maximum atomic E-state index is 12.9. The second-order valence-electron chi connectivity index (χ2n) is 6.66. The van der Waals surface area contributed by atoms with Gasteiger partial charge in [-0.25, -0.2) is 4.98 Å². The molecule has 1 aromatic heterocycles. The molecule has 140 valence electrons. The molecule has 0 unspecified atom stereocenters. The summed E-state index contributed by atoms with van der Waals surface area (Å²) in [5.74, 6) is -0.139. The monoisotopic (exact) mass is 394 g/mol. The SMILES string of the molecule is CN(C)S(=O)(=O)N1CC(Cc2ccccc2)(C(=O)NCc2cscn2)C1. The molecule has 7 nitrogen and oxygen atoms in total. The highest BCUT2D eigenvalue weighted by molar-refractivity contribution is 7.86. The van der Waals surface area contributed by atoms with Crippen LogP contribution < -0.4 is 5.32 Å². The van der Waals surface area contributed by atoms with Gasteiger partial charge in [-0.05, 0) is 12.0 Å². The Balaban J connectivity index is 1.76. The first-order valence-electron chi connectivity index (χ1n) is 8.20. The van der Waals surface area contributed by atoms with Crippen molar-refractivity contribution in [1.82, 2.24) is 18.9 Å². The zero-order valence-electron chi connectivity index (χ0n) is 14.8. The van der Waals surface area contributed by atoms with Gasteiger partial charge in [0, 0.05) is 32.6 Å². The third kappa shape index (κ3) is 3.80. The van der Waals surface area contributed by atoms with Gasteiger partial charge in [0.05, 0.1) is 23.2 Å². The second kappa shape index (κ2) is 7.43. The summed E-state index contributed by atoms with van der Waals surface area (Å²) in [6, 6.07) is 9.67. The topological polar surface area (TPSA) is 82.6 Å². The molecule has 3 rings (SSSR count). The van der Waals surface area contributed by atoms with Crippen LogP contribution in [0.4, 0.5) is 0 Å². The zero-order chi connectivity index (χ0) is 18.8. The number of aromatic nitrogens is 1. The number of hydrogen-bond acceptors (Lipinski definition) is 5.